The van der Waals surface area contributed by atoms with Crippen LogP contribution >= 0.6 is 23.2 Å². The SMILES string of the molecule is COc1ccc(Cl)cc1C(O)C(O)CCCl. The second-order valence-electron chi connectivity index (χ2n) is 3.38. The number of methoxy groups -OCH3 is 1. The minimum atomic E-state index is -1.05. The number of aliphatic hydroxyl groups excluding tert-OH is 2. The molecule has 0 radical (unpaired) electrons. The van der Waals surface area contributed by atoms with Crippen molar-refractivity contribution in [1.29, 1.82) is 0 Å². The molecule has 3 nitrogen and oxygen atoms in total. The molecule has 0 saturated carbocycles. The number of halogens is 2. The Morgan fingerprint density at radius 2 is 2.06 bits per heavy atom. The monoisotopic (exact) mass is 264 g/mol. The summed E-state index contributed by atoms with van der Waals surface area (Å²) < 4.78 is 5.09. The number of hydrogen-bond donors (Lipinski definition) is 2. The highest BCUT2D eigenvalue weighted by Crippen LogP contribution is 2.30. The summed E-state index contributed by atoms with van der Waals surface area (Å²) in [7, 11) is 1.49. The van der Waals surface area contributed by atoms with E-state index in [1.165, 1.54) is 7.11 Å². The van der Waals surface area contributed by atoms with Crippen LogP contribution in [0.5, 0.6) is 5.75 Å². The molecule has 16 heavy (non-hydrogen) atoms. The van der Waals surface area contributed by atoms with Crippen LogP contribution in [0.3, 0.4) is 0 Å². The summed E-state index contributed by atoms with van der Waals surface area (Å²) in [5, 5.41) is 20.0. The first-order valence-corrected chi connectivity index (χ1v) is 5.77. The summed E-state index contributed by atoms with van der Waals surface area (Å²) in [5.41, 5.74) is 0.465. The molecule has 0 amide bonds. The molecule has 0 aromatic heterocycles. The number of benzene rings is 1. The number of alkyl halides is 1. The van der Waals surface area contributed by atoms with Crippen LogP contribution < -0.4 is 4.74 Å². The van der Waals surface area contributed by atoms with Gasteiger partial charge in [0.15, 0.2) is 0 Å². The first-order valence-electron chi connectivity index (χ1n) is 4.85. The summed E-state index contributed by atoms with van der Waals surface area (Å²) in [6.45, 7) is 0. The fraction of sp³-hybridized carbons (Fsp3) is 0.455. The minimum absolute atomic E-state index is 0.279. The molecule has 1 rings (SSSR count). The summed E-state index contributed by atoms with van der Waals surface area (Å²) in [6.07, 6.45) is -1.67. The number of ether oxygens (including phenoxy) is 1. The molecule has 0 aliphatic rings. The van der Waals surface area contributed by atoms with Crippen molar-refractivity contribution in [3.8, 4) is 5.75 Å². The van der Waals surface area contributed by atoms with E-state index in [4.69, 9.17) is 27.9 Å². The average Bonchev–Trinajstić information content (AvgIpc) is 2.28. The highest BCUT2D eigenvalue weighted by atomic mass is 35.5. The standard InChI is InChI=1S/C11H14Cl2O3/c1-16-10-3-2-7(13)6-8(10)11(15)9(14)4-5-12/h2-3,6,9,11,14-15H,4-5H2,1H3. The Morgan fingerprint density at radius 1 is 1.38 bits per heavy atom. The maximum atomic E-state index is 9.91. The van der Waals surface area contributed by atoms with Crippen LogP contribution in [-0.2, 0) is 0 Å². The lowest BCUT2D eigenvalue weighted by molar-refractivity contribution is 0.0156. The molecule has 2 unspecified atom stereocenters. The summed E-state index contributed by atoms with van der Waals surface area (Å²) in [6, 6.07) is 4.88. The molecule has 5 heteroatoms. The largest absolute Gasteiger partial charge is 0.496 e. The first-order chi connectivity index (χ1) is 7.60. The van der Waals surface area contributed by atoms with Crippen molar-refractivity contribution in [2.45, 2.75) is 18.6 Å². The van der Waals surface area contributed by atoms with Gasteiger partial charge in [0.25, 0.3) is 0 Å². The Morgan fingerprint density at radius 3 is 2.62 bits per heavy atom. The number of aliphatic hydroxyl groups is 2. The molecule has 0 fully saturated rings. The summed E-state index contributed by atoms with van der Waals surface area (Å²) in [4.78, 5) is 0. The molecule has 1 aromatic carbocycles. The molecule has 0 aliphatic heterocycles. The Hall–Kier alpha value is -0.480. The van der Waals surface area contributed by atoms with Gasteiger partial charge in [0.1, 0.15) is 11.9 Å². The normalized spacial score (nSPS) is 14.6. The van der Waals surface area contributed by atoms with Crippen LogP contribution in [0.15, 0.2) is 18.2 Å². The van der Waals surface area contributed by atoms with Crippen molar-refractivity contribution in [2.75, 3.05) is 13.0 Å². The van der Waals surface area contributed by atoms with E-state index in [0.717, 1.165) is 0 Å². The van der Waals surface area contributed by atoms with Crippen molar-refractivity contribution in [3.05, 3.63) is 28.8 Å². The number of rotatable bonds is 5. The lowest BCUT2D eigenvalue weighted by Crippen LogP contribution is -2.19. The van der Waals surface area contributed by atoms with Gasteiger partial charge in [0.05, 0.1) is 13.2 Å². The Bertz CT molecular complexity index is 344. The maximum absolute atomic E-state index is 9.91. The van der Waals surface area contributed by atoms with Crippen molar-refractivity contribution in [1.82, 2.24) is 0 Å². The van der Waals surface area contributed by atoms with E-state index in [1.807, 2.05) is 0 Å². The summed E-state index contributed by atoms with van der Waals surface area (Å²) >= 11 is 11.3. The van der Waals surface area contributed by atoms with E-state index in [-0.39, 0.29) is 5.88 Å². The molecule has 0 bridgehead atoms. The molecular formula is C11H14Cl2O3. The molecule has 0 saturated heterocycles. The van der Waals surface area contributed by atoms with Crippen LogP contribution in [0.25, 0.3) is 0 Å². The van der Waals surface area contributed by atoms with Gasteiger partial charge in [-0.25, -0.2) is 0 Å². The third kappa shape index (κ3) is 3.25. The third-order valence-electron chi connectivity index (χ3n) is 2.28. The van der Waals surface area contributed by atoms with E-state index in [2.05, 4.69) is 0 Å². The minimum Gasteiger partial charge on any atom is -0.496 e. The van der Waals surface area contributed by atoms with Gasteiger partial charge in [-0.05, 0) is 24.6 Å². The van der Waals surface area contributed by atoms with Crippen molar-refractivity contribution in [2.24, 2.45) is 0 Å². The molecule has 1 aromatic rings. The molecule has 0 aliphatic carbocycles. The molecule has 0 spiro atoms. The van der Waals surface area contributed by atoms with Crippen LogP contribution in [0, 0.1) is 0 Å². The highest BCUT2D eigenvalue weighted by Gasteiger charge is 2.21. The zero-order chi connectivity index (χ0) is 12.1. The Balaban J connectivity index is 2.96. The van der Waals surface area contributed by atoms with E-state index in [0.29, 0.717) is 22.8 Å². The van der Waals surface area contributed by atoms with Gasteiger partial charge in [-0.3, -0.25) is 0 Å². The molecular weight excluding hydrogens is 251 g/mol. The van der Waals surface area contributed by atoms with Gasteiger partial charge in [-0.2, -0.15) is 0 Å². The summed E-state index contributed by atoms with van der Waals surface area (Å²) in [5.74, 6) is 0.770. The Labute approximate surface area is 105 Å². The third-order valence-corrected chi connectivity index (χ3v) is 2.73. The molecule has 0 heterocycles. The fourth-order valence-electron chi connectivity index (χ4n) is 1.41. The van der Waals surface area contributed by atoms with Crippen LogP contribution in [0.4, 0.5) is 0 Å². The fourth-order valence-corrected chi connectivity index (χ4v) is 1.82. The van der Waals surface area contributed by atoms with Crippen molar-refractivity contribution >= 4 is 23.2 Å². The van der Waals surface area contributed by atoms with Crippen LogP contribution in [-0.4, -0.2) is 29.3 Å². The predicted octanol–water partition coefficient (Wildman–Crippen LogP) is 2.37. The van der Waals surface area contributed by atoms with Gasteiger partial charge < -0.3 is 14.9 Å². The first kappa shape index (κ1) is 13.6. The second-order valence-corrected chi connectivity index (χ2v) is 4.19. The average molecular weight is 265 g/mol. The number of hydrogen-bond acceptors (Lipinski definition) is 3. The maximum Gasteiger partial charge on any atom is 0.124 e. The van der Waals surface area contributed by atoms with Gasteiger partial charge >= 0.3 is 0 Å². The highest BCUT2D eigenvalue weighted by molar-refractivity contribution is 6.30. The van der Waals surface area contributed by atoms with Gasteiger partial charge in [0, 0.05) is 16.5 Å². The zero-order valence-corrected chi connectivity index (χ0v) is 10.4. The predicted molar refractivity (Wildman–Crippen MR) is 64.3 cm³/mol. The topological polar surface area (TPSA) is 49.7 Å². The van der Waals surface area contributed by atoms with E-state index in [9.17, 15) is 10.2 Å². The van der Waals surface area contributed by atoms with Crippen molar-refractivity contribution < 1.29 is 14.9 Å². The zero-order valence-electron chi connectivity index (χ0n) is 8.86. The lowest BCUT2D eigenvalue weighted by atomic mass is 10.0. The Kier molecular flexibility index (Phi) is 5.35. The van der Waals surface area contributed by atoms with E-state index >= 15 is 0 Å². The molecule has 2 N–H and O–H groups in total. The van der Waals surface area contributed by atoms with Gasteiger partial charge in [-0.1, -0.05) is 11.6 Å². The lowest BCUT2D eigenvalue weighted by Gasteiger charge is -2.19. The van der Waals surface area contributed by atoms with Crippen LogP contribution in [0.2, 0.25) is 5.02 Å². The van der Waals surface area contributed by atoms with Crippen LogP contribution in [0.1, 0.15) is 18.1 Å². The smallest absolute Gasteiger partial charge is 0.124 e. The molecule has 90 valence electrons. The molecule has 2 atom stereocenters. The van der Waals surface area contributed by atoms with Crippen molar-refractivity contribution in [3.63, 3.8) is 0 Å². The second kappa shape index (κ2) is 6.30. The quantitative estimate of drug-likeness (QED) is 0.803. The van der Waals surface area contributed by atoms with Gasteiger partial charge in [-0.15, -0.1) is 11.6 Å². The van der Waals surface area contributed by atoms with Gasteiger partial charge in [0.2, 0.25) is 0 Å². The van der Waals surface area contributed by atoms with E-state index in [1.54, 1.807) is 18.2 Å². The van der Waals surface area contributed by atoms with E-state index < -0.39 is 12.2 Å².